The number of carbonyl (C=O) groups is 1. The van der Waals surface area contributed by atoms with Gasteiger partial charge in [-0.2, -0.15) is 0 Å². The van der Waals surface area contributed by atoms with Crippen LogP contribution in [-0.2, 0) is 4.79 Å². The fourth-order valence-corrected chi connectivity index (χ4v) is 6.32. The van der Waals surface area contributed by atoms with Crippen LogP contribution in [0, 0.1) is 22.2 Å². The van der Waals surface area contributed by atoms with Crippen LogP contribution in [0.2, 0.25) is 0 Å². The van der Waals surface area contributed by atoms with Gasteiger partial charge in [-0.1, -0.05) is 13.8 Å². The molecule has 0 saturated heterocycles. The molecular formula is C14H21ClO2. The molecule has 96 valence electrons. The number of halogens is 1. The summed E-state index contributed by atoms with van der Waals surface area (Å²) in [6.45, 7) is 4.69. The fraction of sp³-hybridized carbons (Fsp3) is 0.929. The molecule has 4 fully saturated rings. The van der Waals surface area contributed by atoms with Gasteiger partial charge in [0.2, 0.25) is 0 Å². The number of alkyl halides is 1. The Morgan fingerprint density at radius 1 is 1.18 bits per heavy atom. The maximum absolute atomic E-state index is 11.3. The number of carboxylic acids is 1. The maximum Gasteiger partial charge on any atom is 0.322 e. The molecule has 0 aliphatic heterocycles. The summed E-state index contributed by atoms with van der Waals surface area (Å²) < 4.78 is 0. The third-order valence-electron chi connectivity index (χ3n) is 5.42. The number of aliphatic carboxylic acids is 1. The van der Waals surface area contributed by atoms with E-state index in [1.54, 1.807) is 0 Å². The minimum atomic E-state index is -0.819. The van der Waals surface area contributed by atoms with E-state index in [1.807, 2.05) is 0 Å². The van der Waals surface area contributed by atoms with Crippen LogP contribution in [0.3, 0.4) is 0 Å². The summed E-state index contributed by atoms with van der Waals surface area (Å²) in [7, 11) is 0. The van der Waals surface area contributed by atoms with E-state index in [-0.39, 0.29) is 5.41 Å². The zero-order chi connectivity index (χ0) is 12.5. The lowest BCUT2D eigenvalue weighted by molar-refractivity contribution is -0.162. The summed E-state index contributed by atoms with van der Waals surface area (Å²) in [5.41, 5.74) is 0.559. The molecule has 17 heavy (non-hydrogen) atoms. The Kier molecular flexibility index (Phi) is 2.23. The van der Waals surface area contributed by atoms with Crippen LogP contribution in [0.15, 0.2) is 0 Å². The van der Waals surface area contributed by atoms with Crippen molar-refractivity contribution in [2.24, 2.45) is 22.2 Å². The second-order valence-electron chi connectivity index (χ2n) is 7.69. The van der Waals surface area contributed by atoms with Gasteiger partial charge < -0.3 is 5.11 Å². The summed E-state index contributed by atoms with van der Waals surface area (Å²) >= 11 is 6.26. The van der Waals surface area contributed by atoms with Gasteiger partial charge in [-0.3, -0.25) is 4.79 Å². The predicted octanol–water partition coefficient (Wildman–Crippen LogP) is 3.68. The minimum absolute atomic E-state index is 0.129. The Morgan fingerprint density at radius 3 is 2.12 bits per heavy atom. The van der Waals surface area contributed by atoms with E-state index in [0.29, 0.717) is 16.7 Å². The standard InChI is InChI=1S/C14H21ClO2/c1-12-3-9-4-13(2,6-12)8-14(5-9,7-12)10(15)11(16)17/h9-10H,3-8H2,1-2H3,(H,16,17)/t9?,10-,12-,13+,14?/m0/s1. The monoisotopic (exact) mass is 256 g/mol. The molecule has 4 bridgehead atoms. The normalized spacial score (nSPS) is 53.7. The average molecular weight is 257 g/mol. The third-order valence-corrected chi connectivity index (χ3v) is 6.07. The Labute approximate surface area is 108 Å². The van der Waals surface area contributed by atoms with Crippen LogP contribution in [0.4, 0.5) is 0 Å². The third kappa shape index (κ3) is 1.63. The first-order valence-electron chi connectivity index (χ1n) is 6.63. The molecule has 5 atom stereocenters. The second-order valence-corrected chi connectivity index (χ2v) is 8.13. The molecule has 1 N–H and O–H groups in total. The molecule has 0 heterocycles. The molecule has 3 heteroatoms. The van der Waals surface area contributed by atoms with Gasteiger partial charge in [0, 0.05) is 0 Å². The van der Waals surface area contributed by atoms with Gasteiger partial charge in [-0.25, -0.2) is 0 Å². The molecule has 0 spiro atoms. The first-order chi connectivity index (χ1) is 7.76. The van der Waals surface area contributed by atoms with Crippen LogP contribution in [0.25, 0.3) is 0 Å². The highest BCUT2D eigenvalue weighted by Gasteiger charge is 2.63. The Balaban J connectivity index is 2.00. The molecule has 0 aromatic heterocycles. The van der Waals surface area contributed by atoms with Crippen molar-refractivity contribution < 1.29 is 9.90 Å². The summed E-state index contributed by atoms with van der Waals surface area (Å²) in [5, 5.41) is 8.59. The summed E-state index contributed by atoms with van der Waals surface area (Å²) in [4.78, 5) is 11.3. The van der Waals surface area contributed by atoms with Crippen molar-refractivity contribution in [3.8, 4) is 0 Å². The lowest BCUT2D eigenvalue weighted by Crippen LogP contribution is -2.59. The number of hydrogen-bond donors (Lipinski definition) is 1. The van der Waals surface area contributed by atoms with Crippen molar-refractivity contribution in [1.82, 2.24) is 0 Å². The smallest absolute Gasteiger partial charge is 0.322 e. The highest BCUT2D eigenvalue weighted by atomic mass is 35.5. The first-order valence-corrected chi connectivity index (χ1v) is 7.07. The summed E-state index contributed by atoms with van der Waals surface area (Å²) in [5.74, 6) is -0.109. The molecule has 4 aliphatic carbocycles. The number of hydrogen-bond acceptors (Lipinski definition) is 1. The lowest BCUT2D eigenvalue weighted by Gasteiger charge is -2.66. The van der Waals surface area contributed by atoms with Crippen molar-refractivity contribution in [3.05, 3.63) is 0 Å². The van der Waals surface area contributed by atoms with E-state index in [4.69, 9.17) is 11.6 Å². The molecule has 4 rings (SSSR count). The van der Waals surface area contributed by atoms with Crippen molar-refractivity contribution in [1.29, 1.82) is 0 Å². The Morgan fingerprint density at radius 2 is 1.71 bits per heavy atom. The molecule has 0 aromatic carbocycles. The first kappa shape index (κ1) is 11.8. The van der Waals surface area contributed by atoms with Crippen LogP contribution >= 0.6 is 11.6 Å². The van der Waals surface area contributed by atoms with Crippen LogP contribution < -0.4 is 0 Å². The number of carboxylic acid groups (broad SMARTS) is 1. The van der Waals surface area contributed by atoms with Gasteiger partial charge in [-0.05, 0) is 60.7 Å². The molecular weight excluding hydrogens is 236 g/mol. The topological polar surface area (TPSA) is 37.3 Å². The predicted molar refractivity (Wildman–Crippen MR) is 67.1 cm³/mol. The summed E-state index contributed by atoms with van der Waals surface area (Å²) in [6, 6.07) is 0. The van der Waals surface area contributed by atoms with E-state index in [0.717, 1.165) is 19.3 Å². The van der Waals surface area contributed by atoms with Crippen molar-refractivity contribution in [2.75, 3.05) is 0 Å². The van der Waals surface area contributed by atoms with Crippen molar-refractivity contribution >= 4 is 17.6 Å². The quantitative estimate of drug-likeness (QED) is 0.766. The highest BCUT2D eigenvalue weighted by Crippen LogP contribution is 2.70. The minimum Gasteiger partial charge on any atom is -0.480 e. The maximum atomic E-state index is 11.3. The van der Waals surface area contributed by atoms with Gasteiger partial charge in [0.15, 0.2) is 0 Å². The van der Waals surface area contributed by atoms with Crippen LogP contribution in [0.5, 0.6) is 0 Å². The Hall–Kier alpha value is -0.240. The van der Waals surface area contributed by atoms with Gasteiger partial charge in [0.1, 0.15) is 5.38 Å². The fourth-order valence-electron chi connectivity index (χ4n) is 6.08. The Bertz CT molecular complexity index is 360. The molecule has 0 amide bonds. The average Bonchev–Trinajstić information content (AvgIpc) is 2.10. The molecule has 0 aromatic rings. The molecule has 0 radical (unpaired) electrons. The van der Waals surface area contributed by atoms with E-state index in [9.17, 15) is 9.90 Å². The van der Waals surface area contributed by atoms with E-state index >= 15 is 0 Å². The van der Waals surface area contributed by atoms with Gasteiger partial charge >= 0.3 is 5.97 Å². The zero-order valence-electron chi connectivity index (χ0n) is 10.6. The van der Waals surface area contributed by atoms with Gasteiger partial charge in [0.05, 0.1) is 0 Å². The SMILES string of the molecule is C[C@]12CC3CC([C@@H](Cl)C(=O)O)(C1)C[C@@](C)(C3)C2. The van der Waals surface area contributed by atoms with Crippen molar-refractivity contribution in [3.63, 3.8) is 0 Å². The molecule has 4 aliphatic rings. The van der Waals surface area contributed by atoms with E-state index in [2.05, 4.69) is 13.8 Å². The van der Waals surface area contributed by atoms with Crippen molar-refractivity contribution in [2.45, 2.75) is 57.7 Å². The molecule has 2 nitrogen and oxygen atoms in total. The highest BCUT2D eigenvalue weighted by molar-refractivity contribution is 6.30. The van der Waals surface area contributed by atoms with Gasteiger partial charge in [-0.15, -0.1) is 11.6 Å². The second kappa shape index (κ2) is 3.20. The largest absolute Gasteiger partial charge is 0.480 e. The van der Waals surface area contributed by atoms with E-state index in [1.165, 1.54) is 19.3 Å². The zero-order valence-corrected chi connectivity index (χ0v) is 11.4. The summed E-state index contributed by atoms with van der Waals surface area (Å²) in [6.07, 6.45) is 6.92. The number of rotatable bonds is 2. The van der Waals surface area contributed by atoms with E-state index < -0.39 is 11.3 Å². The lowest BCUT2D eigenvalue weighted by atomic mass is 9.40. The van der Waals surface area contributed by atoms with Gasteiger partial charge in [0.25, 0.3) is 0 Å². The molecule has 2 unspecified atom stereocenters. The van der Waals surface area contributed by atoms with Crippen LogP contribution in [0.1, 0.15) is 52.4 Å². The van der Waals surface area contributed by atoms with Crippen LogP contribution in [-0.4, -0.2) is 16.5 Å². The molecule has 4 saturated carbocycles.